The zero-order valence-corrected chi connectivity index (χ0v) is 49.2. The van der Waals surface area contributed by atoms with Gasteiger partial charge in [-0.2, -0.15) is 0 Å². The molecular weight excluding hydrogens is 1060 g/mol. The minimum Gasteiger partial charge on any atom is -0.367 e. The second kappa shape index (κ2) is 23.9. The number of likely N-dealkylation sites (N-methyl/N-ethyl adjacent to an activating group) is 2. The highest BCUT2D eigenvalue weighted by molar-refractivity contribution is 8.00. The third-order valence-electron chi connectivity index (χ3n) is 17.1. The van der Waals surface area contributed by atoms with Crippen LogP contribution in [0.4, 0.5) is 0 Å². The van der Waals surface area contributed by atoms with E-state index in [1.165, 1.54) is 0 Å². The summed E-state index contributed by atoms with van der Waals surface area (Å²) in [4.78, 5) is 91.3. The molecule has 4 heterocycles. The summed E-state index contributed by atoms with van der Waals surface area (Å²) in [5.74, 6) is -0.864. The van der Waals surface area contributed by atoms with Crippen molar-refractivity contribution in [3.05, 3.63) is 106 Å². The lowest BCUT2D eigenvalue weighted by Gasteiger charge is -2.35. The minimum absolute atomic E-state index is 0.117. The Bertz CT molecular complexity index is 2630. The summed E-state index contributed by atoms with van der Waals surface area (Å²) >= 11 is 14.7. The summed E-state index contributed by atoms with van der Waals surface area (Å²) in [6.07, 6.45) is 3.41. The van der Waals surface area contributed by atoms with E-state index in [4.69, 9.17) is 24.4 Å². The van der Waals surface area contributed by atoms with Crippen molar-refractivity contribution < 1.29 is 28.8 Å². The number of hydrogen-bond donors (Lipinski definition) is 8. The average Bonchev–Trinajstić information content (AvgIpc) is 4.19. The molecule has 4 aliphatic heterocycles. The van der Waals surface area contributed by atoms with Crippen molar-refractivity contribution in [2.75, 3.05) is 25.6 Å². The van der Waals surface area contributed by atoms with Gasteiger partial charge in [0.15, 0.2) is 0 Å². The molecule has 3 aromatic rings. The molecule has 4 saturated heterocycles. The summed E-state index contributed by atoms with van der Waals surface area (Å²) in [5.41, 5.74) is 4.45. The molecule has 12 atom stereocenters. The van der Waals surface area contributed by atoms with Crippen LogP contribution in [0.3, 0.4) is 0 Å². The van der Waals surface area contributed by atoms with Gasteiger partial charge in [-0.3, -0.25) is 28.8 Å². The number of hydrogen-bond acceptors (Lipinski definition) is 12. The van der Waals surface area contributed by atoms with Crippen molar-refractivity contribution in [3.8, 4) is 0 Å². The molecule has 20 heteroatoms. The zero-order chi connectivity index (χ0) is 55.8. The Morgan fingerprint density at radius 3 is 1.32 bits per heavy atom. The van der Waals surface area contributed by atoms with Crippen LogP contribution in [0.25, 0.3) is 0 Å². The predicted molar refractivity (Wildman–Crippen MR) is 315 cm³/mol. The molecule has 16 nitrogen and oxygen atoms in total. The van der Waals surface area contributed by atoms with Crippen LogP contribution in [0.5, 0.6) is 0 Å². The molecule has 6 aliphatic rings. The van der Waals surface area contributed by atoms with Crippen LogP contribution < -0.4 is 42.5 Å². The highest BCUT2D eigenvalue weighted by atomic mass is 32.2. The van der Waals surface area contributed by atoms with Gasteiger partial charge in [0, 0.05) is 13.1 Å². The van der Waals surface area contributed by atoms with Gasteiger partial charge in [0.25, 0.3) is 0 Å². The molecular formula is C58H76N10O6S4. The third kappa shape index (κ3) is 11.9. The fraction of sp³-hybridized carbons (Fsp3) is 0.552. The van der Waals surface area contributed by atoms with Crippen molar-refractivity contribution in [1.82, 2.24) is 52.3 Å². The fourth-order valence-electron chi connectivity index (χ4n) is 12.5. The monoisotopic (exact) mass is 1140 g/mol. The maximum atomic E-state index is 14.7. The Kier molecular flexibility index (Phi) is 17.6. The van der Waals surface area contributed by atoms with Crippen LogP contribution in [0.1, 0.15) is 113 Å². The molecule has 0 aromatic heterocycles. The van der Waals surface area contributed by atoms with Crippen molar-refractivity contribution in [3.63, 3.8) is 0 Å². The van der Waals surface area contributed by atoms with Crippen LogP contribution in [0.15, 0.2) is 72.8 Å². The van der Waals surface area contributed by atoms with Crippen molar-refractivity contribution in [2.24, 2.45) is 22.7 Å². The summed E-state index contributed by atoms with van der Waals surface area (Å²) < 4.78 is 0. The summed E-state index contributed by atoms with van der Waals surface area (Å²) in [6.45, 7) is 12.5. The van der Waals surface area contributed by atoms with E-state index in [1.807, 2.05) is 128 Å². The molecule has 3 aromatic carbocycles. The van der Waals surface area contributed by atoms with E-state index in [0.717, 1.165) is 44.9 Å². The summed E-state index contributed by atoms with van der Waals surface area (Å²) in [5, 5.41) is 25.4. The van der Waals surface area contributed by atoms with Gasteiger partial charge in [-0.15, -0.1) is 23.5 Å². The summed E-state index contributed by atoms with van der Waals surface area (Å²) in [6, 6.07) is 19.3. The topological polar surface area (TPSA) is 205 Å². The fourth-order valence-corrected chi connectivity index (χ4v) is 16.1. The first-order valence-corrected chi connectivity index (χ1v) is 30.3. The standard InChI is InChI=1S/C58H76N10O6S4/c1-31(59-7)53(75)63-41-21-23-77-43-27-57(3,4)47(67(43)55(41)73)51(71)65-45-37-15-11-9-13-35(37)25-39(45)49(69)61-29-33-17-19-34(20-18-33)30-62-50(70)40-26-36-14-10-12-16-38(36)46(40)66-52(72)48-58(5,6)28-44-68(48)56(74)42(22-24-78-44)64-54(76)32(2)60-8/h9-20,31-32,39-48,59-60H,21-30H2,1-8H3,(H,61,69)(H,62,70)(H,63,75)(H,64,76)(H,65,71)(H,66,72)/t31-,32-,39+,40+,41-,42?,43-,44?,45-,46-,47+,48?/m0/s1. The largest absolute Gasteiger partial charge is 0.367 e. The third-order valence-corrected chi connectivity index (χ3v) is 20.5. The van der Waals surface area contributed by atoms with E-state index < -0.39 is 58.9 Å². The number of nitrogens with one attached hydrogen (secondary N) is 8. The van der Waals surface area contributed by atoms with Crippen LogP contribution in [-0.4, -0.2) is 128 Å². The normalized spacial score (nSPS) is 28.4. The van der Waals surface area contributed by atoms with Gasteiger partial charge in [0.1, 0.15) is 24.2 Å². The van der Waals surface area contributed by atoms with Crippen LogP contribution >= 0.6 is 48.0 Å². The molecule has 6 amide bonds. The molecule has 9 rings (SSSR count). The van der Waals surface area contributed by atoms with E-state index in [2.05, 4.69) is 42.5 Å². The van der Waals surface area contributed by atoms with Gasteiger partial charge in [0.2, 0.25) is 35.4 Å². The van der Waals surface area contributed by atoms with Gasteiger partial charge in [-0.05, 0) is 122 Å². The number of carbonyl (C=O) groups excluding carboxylic acids is 6. The summed E-state index contributed by atoms with van der Waals surface area (Å²) in [7, 11) is 3.64. The molecule has 2 aliphatic carbocycles. The van der Waals surface area contributed by atoms with E-state index in [9.17, 15) is 28.8 Å². The molecule has 3 unspecified atom stereocenters. The number of rotatable bonds is 16. The Morgan fingerprint density at radius 2 is 0.949 bits per heavy atom. The lowest BCUT2D eigenvalue weighted by Crippen LogP contribution is -2.58. The van der Waals surface area contributed by atoms with Gasteiger partial charge in [0.05, 0.1) is 56.7 Å². The Balaban J connectivity index is 0.823. The van der Waals surface area contributed by atoms with E-state index in [0.29, 0.717) is 48.5 Å². The van der Waals surface area contributed by atoms with Gasteiger partial charge in [-0.25, -0.2) is 0 Å². The first kappa shape index (κ1) is 57.6. The van der Waals surface area contributed by atoms with Crippen molar-refractivity contribution in [1.29, 1.82) is 0 Å². The molecule has 0 spiro atoms. The van der Waals surface area contributed by atoms with E-state index in [1.54, 1.807) is 33.3 Å². The second-order valence-corrected chi connectivity index (χ2v) is 26.7. The maximum absolute atomic E-state index is 14.7. The number of carbonyl (C=O) groups is 6. The lowest BCUT2D eigenvalue weighted by atomic mass is 9.83. The SMILES string of the molecule is CN[C@@H](C)C(=S)NC1CCSC2CC(C)(C)C(C(=O)N[C@H]3c4ccccc4C[C@H]3C(=O)NCc3ccc(CNC(=O)[C@@H]4Cc5ccccc5[C@@H]4NC(=O)[C@H]4N5C(=O)[C@@H](NC(=S)[C@H](C)NC)CCS[C@H]5CC4(C)C)cc3)N2C1=O. The zero-order valence-electron chi connectivity index (χ0n) is 45.9. The number of fused-ring (bicyclic) bond motifs is 4. The second-order valence-electron chi connectivity index (χ2n) is 23.3. The van der Waals surface area contributed by atoms with Crippen molar-refractivity contribution >= 4 is 93.4 Å². The number of thiocarbonyl (C=S) groups is 2. The molecule has 4 fully saturated rings. The Labute approximate surface area is 478 Å². The molecule has 8 N–H and O–H groups in total. The highest BCUT2D eigenvalue weighted by Gasteiger charge is 2.57. The van der Waals surface area contributed by atoms with Gasteiger partial charge in [-0.1, -0.05) is 125 Å². The number of amides is 6. The van der Waals surface area contributed by atoms with Crippen LogP contribution in [0, 0.1) is 22.7 Å². The van der Waals surface area contributed by atoms with Gasteiger partial charge >= 0.3 is 0 Å². The number of benzene rings is 3. The highest BCUT2D eigenvalue weighted by Crippen LogP contribution is 2.49. The lowest BCUT2D eigenvalue weighted by molar-refractivity contribution is -0.143. The van der Waals surface area contributed by atoms with Gasteiger partial charge < -0.3 is 52.3 Å². The maximum Gasteiger partial charge on any atom is 0.246 e. The molecule has 78 heavy (non-hydrogen) atoms. The first-order chi connectivity index (χ1) is 37.2. The minimum atomic E-state index is -0.749. The van der Waals surface area contributed by atoms with E-state index >= 15 is 0 Å². The predicted octanol–water partition coefficient (Wildman–Crippen LogP) is 4.95. The average molecular weight is 1140 g/mol. The van der Waals surface area contributed by atoms with Crippen molar-refractivity contribution in [2.45, 2.75) is 152 Å². The number of thioether (sulfide) groups is 2. The Morgan fingerprint density at radius 1 is 0.577 bits per heavy atom. The smallest absolute Gasteiger partial charge is 0.246 e. The quantitative estimate of drug-likeness (QED) is 0.0896. The van der Waals surface area contributed by atoms with Crippen LogP contribution in [-0.2, 0) is 54.7 Å². The molecule has 0 bridgehead atoms. The molecule has 418 valence electrons. The van der Waals surface area contributed by atoms with E-state index in [-0.39, 0.29) is 71.4 Å². The molecule has 0 saturated carbocycles. The van der Waals surface area contributed by atoms with Crippen LogP contribution in [0.2, 0.25) is 0 Å². The first-order valence-electron chi connectivity index (χ1n) is 27.4. The number of nitrogens with zero attached hydrogens (tertiary/aromatic N) is 2. The Hall–Kier alpha value is -5.12. The molecule has 0 radical (unpaired) electrons.